The number of halogens is 1. The Hall–Kier alpha value is -2.20. The number of benzene rings is 1. The molecule has 10 heteroatoms. The number of hydrogen-bond donors (Lipinski definition) is 3. The predicted octanol–water partition coefficient (Wildman–Crippen LogP) is 1.99. The van der Waals surface area contributed by atoms with E-state index >= 15 is 0 Å². The fourth-order valence-corrected chi connectivity index (χ4v) is 5.11. The summed E-state index contributed by atoms with van der Waals surface area (Å²) in [5, 5.41) is 16.4. The van der Waals surface area contributed by atoms with Crippen LogP contribution >= 0.6 is 11.6 Å². The van der Waals surface area contributed by atoms with Crippen molar-refractivity contribution in [3.63, 3.8) is 0 Å². The molecule has 1 aliphatic rings. The first kappa shape index (κ1) is 20.1. The van der Waals surface area contributed by atoms with Gasteiger partial charge in [0.2, 0.25) is 15.3 Å². The van der Waals surface area contributed by atoms with E-state index in [1.165, 1.54) is 6.20 Å². The van der Waals surface area contributed by atoms with E-state index in [4.69, 9.17) is 11.6 Å². The molecule has 2 atom stereocenters. The molecule has 0 bridgehead atoms. The molecule has 8 nitrogen and oxygen atoms in total. The van der Waals surface area contributed by atoms with E-state index in [0.717, 1.165) is 16.8 Å². The summed E-state index contributed by atoms with van der Waals surface area (Å²) in [7, 11) is -3.67. The highest BCUT2D eigenvalue weighted by molar-refractivity contribution is 7.89. The van der Waals surface area contributed by atoms with Crippen molar-refractivity contribution in [1.29, 1.82) is 0 Å². The van der Waals surface area contributed by atoms with Crippen molar-refractivity contribution in [3.8, 4) is 0 Å². The van der Waals surface area contributed by atoms with Gasteiger partial charge in [0, 0.05) is 24.8 Å². The van der Waals surface area contributed by atoms with Crippen LogP contribution in [0.4, 0.5) is 5.82 Å². The number of aromatic nitrogens is 3. The van der Waals surface area contributed by atoms with Crippen molar-refractivity contribution >= 4 is 38.5 Å². The van der Waals surface area contributed by atoms with Gasteiger partial charge in [-0.1, -0.05) is 30.3 Å². The lowest BCUT2D eigenvalue weighted by atomic mass is 10.0. The van der Waals surface area contributed by atoms with Crippen LogP contribution < -0.4 is 10.6 Å². The van der Waals surface area contributed by atoms with E-state index in [-0.39, 0.29) is 35.4 Å². The zero-order valence-electron chi connectivity index (χ0n) is 15.6. The summed E-state index contributed by atoms with van der Waals surface area (Å²) in [6.07, 6.45) is 3.18. The molecule has 1 fully saturated rings. The smallest absolute Gasteiger partial charge is 0.244 e. The second-order valence-electron chi connectivity index (χ2n) is 7.14. The van der Waals surface area contributed by atoms with Gasteiger partial charge in [0.15, 0.2) is 5.65 Å². The number of nitrogens with one attached hydrogen (secondary N) is 2. The lowest BCUT2D eigenvalue weighted by Crippen LogP contribution is -2.46. The van der Waals surface area contributed by atoms with E-state index < -0.39 is 10.0 Å². The number of piperidine rings is 1. The van der Waals surface area contributed by atoms with Gasteiger partial charge in [-0.3, -0.25) is 0 Å². The van der Waals surface area contributed by atoms with Crippen LogP contribution in [0.5, 0.6) is 0 Å². The fraction of sp³-hybridized carbons (Fsp3) is 0.368. The molecule has 29 heavy (non-hydrogen) atoms. The summed E-state index contributed by atoms with van der Waals surface area (Å²) < 4.78 is 27.1. The lowest BCUT2D eigenvalue weighted by molar-refractivity contribution is 0.216. The maximum Gasteiger partial charge on any atom is 0.244 e. The molecule has 154 valence electrons. The van der Waals surface area contributed by atoms with Gasteiger partial charge < -0.3 is 15.7 Å². The highest BCUT2D eigenvalue weighted by atomic mass is 35.5. The molecule has 0 amide bonds. The van der Waals surface area contributed by atoms with Crippen molar-refractivity contribution < 1.29 is 13.5 Å². The third-order valence-corrected chi connectivity index (χ3v) is 6.81. The minimum atomic E-state index is -3.67. The molecule has 2 aromatic heterocycles. The van der Waals surface area contributed by atoms with Crippen LogP contribution in [0.15, 0.2) is 42.6 Å². The van der Waals surface area contributed by atoms with Crippen molar-refractivity contribution in [2.45, 2.75) is 30.7 Å². The van der Waals surface area contributed by atoms with Gasteiger partial charge in [-0.15, -0.1) is 0 Å². The molecule has 1 aliphatic heterocycles. The zero-order valence-corrected chi connectivity index (χ0v) is 17.2. The van der Waals surface area contributed by atoms with Crippen LogP contribution in [0.25, 0.3) is 11.0 Å². The number of fused-ring (bicyclic) bond motifs is 1. The molecular weight excluding hydrogens is 414 g/mol. The Morgan fingerprint density at radius 3 is 2.69 bits per heavy atom. The highest BCUT2D eigenvalue weighted by Crippen LogP contribution is 2.27. The summed E-state index contributed by atoms with van der Waals surface area (Å²) in [6, 6.07) is 10.9. The summed E-state index contributed by atoms with van der Waals surface area (Å²) in [6.45, 7) is 0.778. The minimum Gasteiger partial charge on any atom is -0.395 e. The molecule has 0 saturated carbocycles. The van der Waals surface area contributed by atoms with Gasteiger partial charge >= 0.3 is 0 Å². The van der Waals surface area contributed by atoms with Gasteiger partial charge in [0.25, 0.3) is 0 Å². The van der Waals surface area contributed by atoms with E-state index in [9.17, 15) is 13.5 Å². The fourth-order valence-electron chi connectivity index (χ4n) is 3.54. The number of hydrogen-bond acceptors (Lipinski definition) is 7. The molecule has 3 aromatic rings. The number of rotatable bonds is 6. The Bertz CT molecular complexity index is 1100. The van der Waals surface area contributed by atoms with Gasteiger partial charge in [0.05, 0.1) is 17.7 Å². The molecule has 3 heterocycles. The van der Waals surface area contributed by atoms with E-state index in [1.807, 2.05) is 6.07 Å². The summed E-state index contributed by atoms with van der Waals surface area (Å²) in [5.74, 6) is 0.361. The van der Waals surface area contributed by atoms with Crippen LogP contribution in [-0.4, -0.2) is 52.7 Å². The van der Waals surface area contributed by atoms with Gasteiger partial charge in [-0.05, 0) is 36.1 Å². The number of nitrogens with zero attached hydrogens (tertiary/aromatic N) is 3. The molecule has 0 aliphatic carbocycles. The third-order valence-electron chi connectivity index (χ3n) is 5.05. The van der Waals surface area contributed by atoms with Crippen LogP contribution in [0, 0.1) is 0 Å². The molecule has 4 rings (SSSR count). The van der Waals surface area contributed by atoms with Crippen LogP contribution in [-0.2, 0) is 15.8 Å². The van der Waals surface area contributed by atoms with Crippen LogP contribution in [0.2, 0.25) is 5.28 Å². The maximum absolute atomic E-state index is 13.0. The molecule has 3 N–H and O–H groups in total. The summed E-state index contributed by atoms with van der Waals surface area (Å²) in [4.78, 5) is 8.44. The summed E-state index contributed by atoms with van der Waals surface area (Å²) >= 11 is 6.11. The SMILES string of the molecule is O=S(=O)(Cc1ccccc1)n1ccc2c(N[C@@H]3CC[C@H](CO)NC3)nc(Cl)nc21. The van der Waals surface area contributed by atoms with E-state index in [0.29, 0.717) is 23.3 Å². The Morgan fingerprint density at radius 2 is 2.00 bits per heavy atom. The molecule has 0 unspecified atom stereocenters. The Balaban J connectivity index is 1.63. The molecule has 1 aromatic carbocycles. The van der Waals surface area contributed by atoms with E-state index in [1.54, 1.807) is 30.3 Å². The summed E-state index contributed by atoms with van der Waals surface area (Å²) in [5.41, 5.74) is 0.944. The Labute approximate surface area is 174 Å². The first-order valence-corrected chi connectivity index (χ1v) is 11.4. The predicted molar refractivity (Wildman–Crippen MR) is 113 cm³/mol. The van der Waals surface area contributed by atoms with Crippen molar-refractivity contribution in [1.82, 2.24) is 19.3 Å². The largest absolute Gasteiger partial charge is 0.395 e. The molecule has 1 saturated heterocycles. The number of aliphatic hydroxyl groups is 1. The third kappa shape index (κ3) is 4.37. The highest BCUT2D eigenvalue weighted by Gasteiger charge is 2.23. The number of anilines is 1. The Morgan fingerprint density at radius 1 is 1.21 bits per heavy atom. The average molecular weight is 436 g/mol. The monoisotopic (exact) mass is 435 g/mol. The first-order chi connectivity index (χ1) is 14.0. The molecular formula is C19H22ClN5O3S. The first-order valence-electron chi connectivity index (χ1n) is 9.39. The normalized spacial score (nSPS) is 20.1. The van der Waals surface area contributed by atoms with Crippen molar-refractivity contribution in [2.75, 3.05) is 18.5 Å². The van der Waals surface area contributed by atoms with Gasteiger partial charge in [-0.2, -0.15) is 4.98 Å². The van der Waals surface area contributed by atoms with E-state index in [2.05, 4.69) is 20.6 Å². The minimum absolute atomic E-state index is 0.0214. The second kappa shape index (κ2) is 8.27. The van der Waals surface area contributed by atoms with Crippen molar-refractivity contribution in [2.24, 2.45) is 0 Å². The topological polar surface area (TPSA) is 109 Å². The molecule has 0 radical (unpaired) electrons. The van der Waals surface area contributed by atoms with Gasteiger partial charge in [-0.25, -0.2) is 17.4 Å². The number of aliphatic hydroxyl groups excluding tert-OH is 1. The van der Waals surface area contributed by atoms with Crippen LogP contribution in [0.1, 0.15) is 18.4 Å². The van der Waals surface area contributed by atoms with Crippen LogP contribution in [0.3, 0.4) is 0 Å². The van der Waals surface area contributed by atoms with Gasteiger partial charge in [0.1, 0.15) is 5.82 Å². The van der Waals surface area contributed by atoms with Crippen molar-refractivity contribution in [3.05, 3.63) is 53.4 Å². The second-order valence-corrected chi connectivity index (χ2v) is 9.32. The maximum atomic E-state index is 13.0. The zero-order chi connectivity index (χ0) is 20.4. The molecule has 0 spiro atoms. The lowest BCUT2D eigenvalue weighted by Gasteiger charge is -2.29. The standard InChI is InChI=1S/C19H22ClN5O3S/c20-19-23-17(22-14-6-7-15(11-26)21-10-14)16-8-9-25(18(16)24-19)29(27,28)12-13-4-2-1-3-5-13/h1-5,8-9,14-15,21,26H,6-7,10-12H2,(H,22,23,24)/t14-,15-/m1/s1. The average Bonchev–Trinajstić information content (AvgIpc) is 3.14. The Kier molecular flexibility index (Phi) is 5.73. The quantitative estimate of drug-likeness (QED) is 0.508.